The van der Waals surface area contributed by atoms with Crippen molar-refractivity contribution in [2.75, 3.05) is 13.7 Å². The zero-order valence-electron chi connectivity index (χ0n) is 18.7. The molecule has 162 valence electrons. The highest BCUT2D eigenvalue weighted by Gasteiger charge is 2.27. The summed E-state index contributed by atoms with van der Waals surface area (Å²) in [4.78, 5) is 27.2. The van der Waals surface area contributed by atoms with Gasteiger partial charge in [0.25, 0.3) is 5.91 Å². The van der Waals surface area contributed by atoms with Gasteiger partial charge in [0.1, 0.15) is 17.5 Å². The molecule has 2 amide bonds. The Kier molecular flexibility index (Phi) is 8.27. The Morgan fingerprint density at radius 3 is 2.43 bits per heavy atom. The largest absolute Gasteiger partial charge is 0.497 e. The van der Waals surface area contributed by atoms with Crippen LogP contribution in [-0.2, 0) is 16.1 Å². The van der Waals surface area contributed by atoms with Crippen LogP contribution in [0, 0.1) is 13.8 Å². The fourth-order valence-electron chi connectivity index (χ4n) is 3.14. The minimum atomic E-state index is -0.645. The molecule has 1 unspecified atom stereocenters. The van der Waals surface area contributed by atoms with Crippen LogP contribution in [0.4, 0.5) is 0 Å². The van der Waals surface area contributed by atoms with Crippen LogP contribution in [-0.4, -0.2) is 42.5 Å². The summed E-state index contributed by atoms with van der Waals surface area (Å²) in [7, 11) is 1.60. The topological polar surface area (TPSA) is 67.9 Å². The number of nitrogens with zero attached hydrogens (tertiary/aromatic N) is 1. The highest BCUT2D eigenvalue weighted by atomic mass is 16.5. The summed E-state index contributed by atoms with van der Waals surface area (Å²) in [6.45, 7) is 9.59. The van der Waals surface area contributed by atoms with Gasteiger partial charge in [-0.1, -0.05) is 29.8 Å². The number of hydrogen-bond acceptors (Lipinski definition) is 4. The summed E-state index contributed by atoms with van der Waals surface area (Å²) >= 11 is 0. The summed E-state index contributed by atoms with van der Waals surface area (Å²) in [5, 5.41) is 2.88. The molecule has 6 heteroatoms. The molecular weight excluding hydrogens is 380 g/mol. The molecule has 1 N–H and O–H groups in total. The number of benzene rings is 2. The maximum absolute atomic E-state index is 13.1. The lowest BCUT2D eigenvalue weighted by molar-refractivity contribution is -0.142. The van der Waals surface area contributed by atoms with Crippen molar-refractivity contribution in [2.24, 2.45) is 0 Å². The highest BCUT2D eigenvalue weighted by molar-refractivity contribution is 5.88. The van der Waals surface area contributed by atoms with Crippen molar-refractivity contribution < 1.29 is 19.1 Å². The first-order valence-corrected chi connectivity index (χ1v) is 10.1. The molecular formula is C24H32N2O4. The lowest BCUT2D eigenvalue weighted by Gasteiger charge is -2.29. The number of rotatable bonds is 9. The van der Waals surface area contributed by atoms with Crippen molar-refractivity contribution in [1.82, 2.24) is 10.2 Å². The Morgan fingerprint density at radius 1 is 1.07 bits per heavy atom. The van der Waals surface area contributed by atoms with E-state index in [9.17, 15) is 9.59 Å². The number of amides is 2. The van der Waals surface area contributed by atoms with Crippen LogP contribution < -0.4 is 14.8 Å². The molecule has 0 bridgehead atoms. The van der Waals surface area contributed by atoms with E-state index in [1.54, 1.807) is 14.0 Å². The molecule has 6 nitrogen and oxygen atoms in total. The molecule has 0 aliphatic rings. The van der Waals surface area contributed by atoms with Gasteiger partial charge in [-0.2, -0.15) is 0 Å². The minimum Gasteiger partial charge on any atom is -0.497 e. The van der Waals surface area contributed by atoms with Crippen molar-refractivity contribution in [2.45, 2.75) is 53.2 Å². The number of aryl methyl sites for hydroxylation is 2. The third-order valence-corrected chi connectivity index (χ3v) is 4.77. The predicted octanol–water partition coefficient (Wildman–Crippen LogP) is 3.63. The van der Waals surface area contributed by atoms with Crippen LogP contribution in [0.5, 0.6) is 11.5 Å². The molecule has 0 heterocycles. The number of hydrogen-bond donors (Lipinski definition) is 1. The Balaban J connectivity index is 2.19. The molecule has 2 aromatic carbocycles. The van der Waals surface area contributed by atoms with Gasteiger partial charge in [-0.15, -0.1) is 0 Å². The second-order valence-corrected chi connectivity index (χ2v) is 7.77. The molecule has 0 aliphatic carbocycles. The zero-order chi connectivity index (χ0) is 22.3. The first kappa shape index (κ1) is 23.3. The molecule has 0 spiro atoms. The van der Waals surface area contributed by atoms with Crippen molar-refractivity contribution in [3.63, 3.8) is 0 Å². The van der Waals surface area contributed by atoms with Crippen LogP contribution >= 0.6 is 0 Å². The van der Waals surface area contributed by atoms with Gasteiger partial charge in [-0.05, 0) is 63.9 Å². The molecule has 0 saturated carbocycles. The van der Waals surface area contributed by atoms with E-state index in [0.717, 1.165) is 16.7 Å². The van der Waals surface area contributed by atoms with Gasteiger partial charge in [0.2, 0.25) is 5.91 Å². The number of nitrogens with one attached hydrogen (secondary N) is 1. The van der Waals surface area contributed by atoms with Crippen molar-refractivity contribution in [3.05, 3.63) is 59.2 Å². The van der Waals surface area contributed by atoms with Crippen LogP contribution in [0.25, 0.3) is 0 Å². The van der Waals surface area contributed by atoms with E-state index in [2.05, 4.69) is 5.32 Å². The predicted molar refractivity (Wildman–Crippen MR) is 118 cm³/mol. The Labute approximate surface area is 179 Å². The monoisotopic (exact) mass is 412 g/mol. The molecule has 0 saturated heterocycles. The molecule has 2 rings (SSSR count). The summed E-state index contributed by atoms with van der Waals surface area (Å²) < 4.78 is 11.1. The van der Waals surface area contributed by atoms with E-state index in [-0.39, 0.29) is 31.0 Å². The van der Waals surface area contributed by atoms with Gasteiger partial charge in [0.15, 0.2) is 6.61 Å². The van der Waals surface area contributed by atoms with Crippen LogP contribution in [0.1, 0.15) is 37.5 Å². The Hall–Kier alpha value is -3.02. The third kappa shape index (κ3) is 6.51. The van der Waals surface area contributed by atoms with Crippen LogP contribution in [0.15, 0.2) is 42.5 Å². The zero-order valence-corrected chi connectivity index (χ0v) is 18.7. The van der Waals surface area contributed by atoms with Crippen LogP contribution in [0.3, 0.4) is 0 Å². The van der Waals surface area contributed by atoms with Gasteiger partial charge in [0, 0.05) is 12.6 Å². The molecule has 0 radical (unpaired) electrons. The maximum Gasteiger partial charge on any atom is 0.261 e. The molecule has 30 heavy (non-hydrogen) atoms. The fourth-order valence-corrected chi connectivity index (χ4v) is 3.14. The van der Waals surface area contributed by atoms with E-state index in [1.807, 2.05) is 70.2 Å². The van der Waals surface area contributed by atoms with Gasteiger partial charge in [-0.25, -0.2) is 0 Å². The average Bonchev–Trinajstić information content (AvgIpc) is 2.70. The van der Waals surface area contributed by atoms with Crippen molar-refractivity contribution in [1.29, 1.82) is 0 Å². The fraction of sp³-hybridized carbons (Fsp3) is 0.417. The van der Waals surface area contributed by atoms with Gasteiger partial charge in [-0.3, -0.25) is 9.59 Å². The Morgan fingerprint density at radius 2 is 1.80 bits per heavy atom. The minimum absolute atomic E-state index is 0.0137. The highest BCUT2D eigenvalue weighted by Crippen LogP contribution is 2.20. The quantitative estimate of drug-likeness (QED) is 0.683. The Bertz CT molecular complexity index is 879. The van der Waals surface area contributed by atoms with Crippen molar-refractivity contribution >= 4 is 11.8 Å². The smallest absolute Gasteiger partial charge is 0.261 e. The lowest BCUT2D eigenvalue weighted by Crippen LogP contribution is -2.50. The number of methoxy groups -OCH3 is 1. The van der Waals surface area contributed by atoms with Crippen LogP contribution in [0.2, 0.25) is 0 Å². The first-order chi connectivity index (χ1) is 14.2. The SMILES string of the molecule is COc1cccc(CN(C(=O)COc2ccc(C)cc2C)C(C)C(=O)NC(C)C)c1. The number of carbonyl (C=O) groups excluding carboxylic acids is 2. The molecule has 0 fully saturated rings. The molecule has 0 aromatic heterocycles. The molecule has 1 atom stereocenters. The van der Waals surface area contributed by atoms with E-state index in [0.29, 0.717) is 11.5 Å². The average molecular weight is 413 g/mol. The third-order valence-electron chi connectivity index (χ3n) is 4.77. The van der Waals surface area contributed by atoms with Crippen molar-refractivity contribution in [3.8, 4) is 11.5 Å². The number of ether oxygens (including phenoxy) is 2. The van der Waals surface area contributed by atoms with E-state index < -0.39 is 6.04 Å². The summed E-state index contributed by atoms with van der Waals surface area (Å²) in [5.74, 6) is 0.900. The maximum atomic E-state index is 13.1. The van der Waals surface area contributed by atoms with E-state index in [1.165, 1.54) is 4.90 Å². The summed E-state index contributed by atoms with van der Waals surface area (Å²) in [6.07, 6.45) is 0. The standard InChI is InChI=1S/C24H32N2O4/c1-16(2)25-24(28)19(5)26(14-20-8-7-9-21(13-20)29-6)23(27)15-30-22-11-10-17(3)12-18(22)4/h7-13,16,19H,14-15H2,1-6H3,(H,25,28). The molecule has 0 aliphatic heterocycles. The first-order valence-electron chi connectivity index (χ1n) is 10.1. The van der Waals surface area contributed by atoms with E-state index >= 15 is 0 Å². The lowest BCUT2D eigenvalue weighted by atomic mass is 10.1. The van der Waals surface area contributed by atoms with Gasteiger partial charge in [0.05, 0.1) is 7.11 Å². The summed E-state index contributed by atoms with van der Waals surface area (Å²) in [5.41, 5.74) is 2.97. The summed E-state index contributed by atoms with van der Waals surface area (Å²) in [6, 6.07) is 12.6. The molecule has 2 aromatic rings. The van der Waals surface area contributed by atoms with Gasteiger partial charge >= 0.3 is 0 Å². The van der Waals surface area contributed by atoms with E-state index in [4.69, 9.17) is 9.47 Å². The second-order valence-electron chi connectivity index (χ2n) is 7.77. The number of carbonyl (C=O) groups is 2. The second kappa shape index (κ2) is 10.7. The normalized spacial score (nSPS) is 11.7. The van der Waals surface area contributed by atoms with Gasteiger partial charge < -0.3 is 19.7 Å².